The zero-order chi connectivity index (χ0) is 14.0. The molecule has 0 heterocycles. The third-order valence-corrected chi connectivity index (χ3v) is 4.75. The number of hydrogen-bond acceptors (Lipinski definition) is 3. The van der Waals surface area contributed by atoms with Gasteiger partial charge < -0.3 is 15.8 Å². The van der Waals surface area contributed by atoms with Crippen LogP contribution in [-0.2, 0) is 0 Å². The van der Waals surface area contributed by atoms with Gasteiger partial charge in [-0.1, -0.05) is 12.5 Å². The SMILES string of the molecule is CNC(c1cc(C)c(OC)cc1C)C1(CN)CCC1. The third-order valence-electron chi connectivity index (χ3n) is 4.75. The Balaban J connectivity index is 2.41. The highest BCUT2D eigenvalue weighted by Crippen LogP contribution is 2.50. The maximum absolute atomic E-state index is 6.06. The summed E-state index contributed by atoms with van der Waals surface area (Å²) in [6, 6.07) is 4.74. The topological polar surface area (TPSA) is 47.3 Å². The summed E-state index contributed by atoms with van der Waals surface area (Å²) in [6.07, 6.45) is 3.74. The largest absolute Gasteiger partial charge is 0.496 e. The van der Waals surface area contributed by atoms with Crippen molar-refractivity contribution >= 4 is 0 Å². The molecule has 19 heavy (non-hydrogen) atoms. The van der Waals surface area contributed by atoms with Gasteiger partial charge in [-0.3, -0.25) is 0 Å². The molecular formula is C16H26N2O. The summed E-state index contributed by atoms with van der Waals surface area (Å²) in [4.78, 5) is 0. The molecule has 0 bridgehead atoms. The number of aryl methyl sites for hydroxylation is 2. The van der Waals surface area contributed by atoms with Gasteiger partial charge >= 0.3 is 0 Å². The highest BCUT2D eigenvalue weighted by Gasteiger charge is 2.43. The molecule has 1 aromatic rings. The fourth-order valence-corrected chi connectivity index (χ4v) is 3.38. The van der Waals surface area contributed by atoms with Crippen molar-refractivity contribution in [3.05, 3.63) is 28.8 Å². The molecule has 2 rings (SSSR count). The molecule has 1 fully saturated rings. The lowest BCUT2D eigenvalue weighted by molar-refractivity contribution is 0.0876. The van der Waals surface area contributed by atoms with Crippen LogP contribution in [0.2, 0.25) is 0 Å². The second kappa shape index (κ2) is 5.51. The number of ether oxygens (including phenoxy) is 1. The molecule has 1 saturated carbocycles. The van der Waals surface area contributed by atoms with Crippen LogP contribution in [0.15, 0.2) is 12.1 Å². The normalized spacial score (nSPS) is 18.8. The molecule has 3 nitrogen and oxygen atoms in total. The van der Waals surface area contributed by atoms with E-state index in [1.54, 1.807) is 7.11 Å². The summed E-state index contributed by atoms with van der Waals surface area (Å²) in [6.45, 7) is 5.01. The van der Waals surface area contributed by atoms with E-state index in [1.807, 2.05) is 7.05 Å². The van der Waals surface area contributed by atoms with Crippen LogP contribution in [0.5, 0.6) is 5.75 Å². The van der Waals surface area contributed by atoms with Gasteiger partial charge in [0.05, 0.1) is 7.11 Å². The third kappa shape index (κ3) is 2.37. The second-order valence-electron chi connectivity index (χ2n) is 5.82. The Morgan fingerprint density at radius 1 is 1.32 bits per heavy atom. The zero-order valence-electron chi connectivity index (χ0n) is 12.5. The molecule has 0 amide bonds. The van der Waals surface area contributed by atoms with E-state index in [1.165, 1.54) is 36.0 Å². The van der Waals surface area contributed by atoms with Gasteiger partial charge in [-0.15, -0.1) is 0 Å². The highest BCUT2D eigenvalue weighted by atomic mass is 16.5. The fourth-order valence-electron chi connectivity index (χ4n) is 3.38. The zero-order valence-corrected chi connectivity index (χ0v) is 12.5. The first-order chi connectivity index (χ1) is 9.07. The van der Waals surface area contributed by atoms with Crippen molar-refractivity contribution in [3.8, 4) is 5.75 Å². The first kappa shape index (κ1) is 14.4. The Morgan fingerprint density at radius 3 is 2.42 bits per heavy atom. The van der Waals surface area contributed by atoms with Crippen LogP contribution in [0.25, 0.3) is 0 Å². The first-order valence-corrected chi connectivity index (χ1v) is 7.10. The van der Waals surface area contributed by atoms with Crippen molar-refractivity contribution in [3.63, 3.8) is 0 Å². The Morgan fingerprint density at radius 2 is 2.00 bits per heavy atom. The summed E-state index contributed by atoms with van der Waals surface area (Å²) in [5.74, 6) is 0.964. The standard InChI is InChI=1S/C16H26N2O/c1-11-9-14(19-4)12(2)8-13(11)15(18-3)16(10-17)6-5-7-16/h8-9,15,18H,5-7,10,17H2,1-4H3. The number of methoxy groups -OCH3 is 1. The van der Waals surface area contributed by atoms with Gasteiger partial charge in [0.15, 0.2) is 0 Å². The van der Waals surface area contributed by atoms with Crippen molar-refractivity contribution in [1.82, 2.24) is 5.32 Å². The van der Waals surface area contributed by atoms with Crippen molar-refractivity contribution in [2.24, 2.45) is 11.1 Å². The predicted octanol–water partition coefficient (Wildman–Crippen LogP) is 2.70. The molecule has 0 aromatic heterocycles. The van der Waals surface area contributed by atoms with Crippen LogP contribution in [0.1, 0.15) is 42.0 Å². The van der Waals surface area contributed by atoms with E-state index in [9.17, 15) is 0 Å². The van der Waals surface area contributed by atoms with Gasteiger partial charge in [-0.2, -0.15) is 0 Å². The lowest BCUT2D eigenvalue weighted by Gasteiger charge is -2.47. The van der Waals surface area contributed by atoms with Gasteiger partial charge in [0.1, 0.15) is 5.75 Å². The van der Waals surface area contributed by atoms with E-state index in [2.05, 4.69) is 31.3 Å². The van der Waals surface area contributed by atoms with Crippen LogP contribution >= 0.6 is 0 Å². The van der Waals surface area contributed by atoms with Crippen LogP contribution in [-0.4, -0.2) is 20.7 Å². The Hall–Kier alpha value is -1.06. The summed E-state index contributed by atoms with van der Waals surface area (Å²) in [5, 5.41) is 3.50. The lowest BCUT2D eigenvalue weighted by Crippen LogP contribution is -2.47. The molecule has 0 spiro atoms. The van der Waals surface area contributed by atoms with E-state index in [4.69, 9.17) is 10.5 Å². The molecule has 1 aromatic carbocycles. The molecule has 1 atom stereocenters. The lowest BCUT2D eigenvalue weighted by atomic mass is 9.62. The molecule has 1 aliphatic rings. The van der Waals surface area contributed by atoms with Gasteiger partial charge in [0, 0.05) is 11.5 Å². The maximum atomic E-state index is 6.06. The number of rotatable bonds is 5. The number of benzene rings is 1. The van der Waals surface area contributed by atoms with Gasteiger partial charge in [0.2, 0.25) is 0 Å². The Bertz CT molecular complexity index is 447. The predicted molar refractivity (Wildman–Crippen MR) is 79.6 cm³/mol. The smallest absolute Gasteiger partial charge is 0.122 e. The monoisotopic (exact) mass is 262 g/mol. The Kier molecular flexibility index (Phi) is 4.16. The molecule has 0 radical (unpaired) electrons. The molecule has 0 aliphatic heterocycles. The van der Waals surface area contributed by atoms with Crippen molar-refractivity contribution < 1.29 is 4.74 Å². The van der Waals surface area contributed by atoms with Gasteiger partial charge in [-0.25, -0.2) is 0 Å². The quantitative estimate of drug-likeness (QED) is 0.857. The van der Waals surface area contributed by atoms with Crippen LogP contribution in [0.4, 0.5) is 0 Å². The van der Waals surface area contributed by atoms with E-state index in [0.29, 0.717) is 6.04 Å². The maximum Gasteiger partial charge on any atom is 0.122 e. The number of hydrogen-bond donors (Lipinski definition) is 2. The molecule has 0 saturated heterocycles. The minimum Gasteiger partial charge on any atom is -0.496 e. The van der Waals surface area contributed by atoms with Crippen molar-refractivity contribution in [2.75, 3.05) is 20.7 Å². The van der Waals surface area contributed by atoms with Gasteiger partial charge in [0.25, 0.3) is 0 Å². The van der Waals surface area contributed by atoms with Crippen LogP contribution in [0, 0.1) is 19.3 Å². The van der Waals surface area contributed by atoms with Crippen LogP contribution in [0.3, 0.4) is 0 Å². The van der Waals surface area contributed by atoms with Gasteiger partial charge in [-0.05, 0) is 63.0 Å². The highest BCUT2D eigenvalue weighted by molar-refractivity contribution is 5.43. The average molecular weight is 262 g/mol. The average Bonchev–Trinajstić information content (AvgIpc) is 2.36. The molecule has 3 N–H and O–H groups in total. The van der Waals surface area contributed by atoms with Crippen molar-refractivity contribution in [2.45, 2.75) is 39.2 Å². The summed E-state index contributed by atoms with van der Waals surface area (Å²) in [7, 11) is 3.77. The second-order valence-corrected chi connectivity index (χ2v) is 5.82. The summed E-state index contributed by atoms with van der Waals surface area (Å²) < 4.78 is 5.40. The van der Waals surface area contributed by atoms with E-state index < -0.39 is 0 Å². The number of nitrogens with one attached hydrogen (secondary N) is 1. The molecule has 1 aliphatic carbocycles. The van der Waals surface area contributed by atoms with Crippen molar-refractivity contribution in [1.29, 1.82) is 0 Å². The molecular weight excluding hydrogens is 236 g/mol. The Labute approximate surface area is 116 Å². The summed E-state index contributed by atoms with van der Waals surface area (Å²) >= 11 is 0. The van der Waals surface area contributed by atoms with E-state index in [0.717, 1.165) is 12.3 Å². The fraction of sp³-hybridized carbons (Fsp3) is 0.625. The molecule has 3 heteroatoms. The molecule has 106 valence electrons. The minimum absolute atomic E-state index is 0.237. The minimum atomic E-state index is 0.237. The summed E-state index contributed by atoms with van der Waals surface area (Å²) in [5.41, 5.74) is 10.1. The number of nitrogens with two attached hydrogens (primary N) is 1. The first-order valence-electron chi connectivity index (χ1n) is 7.10. The van der Waals surface area contributed by atoms with E-state index >= 15 is 0 Å². The van der Waals surface area contributed by atoms with Crippen LogP contribution < -0.4 is 15.8 Å². The van der Waals surface area contributed by atoms with E-state index in [-0.39, 0.29) is 5.41 Å². The molecule has 1 unspecified atom stereocenters.